The minimum absolute atomic E-state index is 0.261. The predicted octanol–water partition coefficient (Wildman–Crippen LogP) is 1.29. The largest absolute Gasteiger partial charge is 0.481 e. The second kappa shape index (κ2) is 6.29. The SMILES string of the molecule is C#CC(CCC)NC(=O)N1CCC(C(=O)O)C1C. The first-order valence-corrected chi connectivity index (χ1v) is 6.27. The molecule has 0 aromatic heterocycles. The van der Waals surface area contributed by atoms with Crippen LogP contribution in [0, 0.1) is 18.3 Å². The number of nitrogens with one attached hydrogen (secondary N) is 1. The molecule has 100 valence electrons. The van der Waals surface area contributed by atoms with E-state index in [9.17, 15) is 9.59 Å². The topological polar surface area (TPSA) is 69.6 Å². The van der Waals surface area contributed by atoms with Crippen LogP contribution in [0.25, 0.3) is 0 Å². The summed E-state index contributed by atoms with van der Waals surface area (Å²) in [5.41, 5.74) is 0. The Labute approximate surface area is 108 Å². The number of hydrogen-bond donors (Lipinski definition) is 2. The minimum atomic E-state index is -0.847. The molecule has 0 spiro atoms. The van der Waals surface area contributed by atoms with Crippen LogP contribution in [0.1, 0.15) is 33.1 Å². The van der Waals surface area contributed by atoms with Gasteiger partial charge in [-0.2, -0.15) is 0 Å². The van der Waals surface area contributed by atoms with Crippen molar-refractivity contribution in [2.45, 2.75) is 45.2 Å². The molecule has 0 aliphatic carbocycles. The van der Waals surface area contributed by atoms with Gasteiger partial charge in [-0.1, -0.05) is 19.3 Å². The van der Waals surface area contributed by atoms with Crippen LogP contribution in [-0.4, -0.2) is 40.6 Å². The van der Waals surface area contributed by atoms with E-state index in [0.717, 1.165) is 12.8 Å². The smallest absolute Gasteiger partial charge is 0.318 e. The monoisotopic (exact) mass is 252 g/mol. The van der Waals surface area contributed by atoms with Crippen molar-refractivity contribution in [2.24, 2.45) is 5.92 Å². The first kappa shape index (κ1) is 14.4. The first-order valence-electron chi connectivity index (χ1n) is 6.27. The van der Waals surface area contributed by atoms with Crippen LogP contribution in [0.2, 0.25) is 0 Å². The summed E-state index contributed by atoms with van der Waals surface area (Å²) in [4.78, 5) is 24.5. The van der Waals surface area contributed by atoms with Crippen LogP contribution < -0.4 is 5.32 Å². The summed E-state index contributed by atoms with van der Waals surface area (Å²) in [6.07, 6.45) is 7.46. The van der Waals surface area contributed by atoms with E-state index in [2.05, 4.69) is 11.2 Å². The summed E-state index contributed by atoms with van der Waals surface area (Å²) in [6, 6.07) is -0.830. The molecule has 5 heteroatoms. The number of carboxylic acid groups (broad SMARTS) is 1. The zero-order valence-corrected chi connectivity index (χ0v) is 10.8. The summed E-state index contributed by atoms with van der Waals surface area (Å²) in [5.74, 6) is 1.20. The molecule has 5 nitrogen and oxygen atoms in total. The van der Waals surface area contributed by atoms with E-state index in [4.69, 9.17) is 11.5 Å². The van der Waals surface area contributed by atoms with Crippen molar-refractivity contribution in [1.29, 1.82) is 0 Å². The van der Waals surface area contributed by atoms with Gasteiger partial charge >= 0.3 is 12.0 Å². The summed E-state index contributed by atoms with van der Waals surface area (Å²) in [7, 11) is 0. The highest BCUT2D eigenvalue weighted by atomic mass is 16.4. The Kier molecular flexibility index (Phi) is 5.02. The third kappa shape index (κ3) is 3.16. The van der Waals surface area contributed by atoms with Crippen LogP contribution in [0.3, 0.4) is 0 Å². The van der Waals surface area contributed by atoms with Gasteiger partial charge in [0, 0.05) is 12.6 Å². The van der Waals surface area contributed by atoms with Crippen LogP contribution in [0.15, 0.2) is 0 Å². The molecule has 2 amide bonds. The van der Waals surface area contributed by atoms with Gasteiger partial charge in [0.15, 0.2) is 0 Å². The lowest BCUT2D eigenvalue weighted by Gasteiger charge is -2.25. The van der Waals surface area contributed by atoms with Gasteiger partial charge in [0.2, 0.25) is 0 Å². The van der Waals surface area contributed by atoms with Crippen molar-refractivity contribution < 1.29 is 14.7 Å². The molecule has 1 aliphatic rings. The number of carbonyl (C=O) groups excluding carboxylic acids is 1. The van der Waals surface area contributed by atoms with Gasteiger partial charge in [0.1, 0.15) is 0 Å². The molecule has 1 heterocycles. The van der Waals surface area contributed by atoms with Crippen molar-refractivity contribution in [2.75, 3.05) is 6.54 Å². The van der Waals surface area contributed by atoms with Gasteiger partial charge in [-0.15, -0.1) is 6.42 Å². The fourth-order valence-corrected chi connectivity index (χ4v) is 2.27. The van der Waals surface area contributed by atoms with Gasteiger partial charge in [0.25, 0.3) is 0 Å². The molecule has 3 atom stereocenters. The molecule has 1 saturated heterocycles. The molecule has 0 saturated carbocycles. The number of urea groups is 1. The van der Waals surface area contributed by atoms with E-state index in [1.165, 1.54) is 0 Å². The molecule has 0 bridgehead atoms. The van der Waals surface area contributed by atoms with E-state index < -0.39 is 11.9 Å². The molecule has 2 N–H and O–H groups in total. The maximum Gasteiger partial charge on any atom is 0.318 e. The molecule has 1 fully saturated rings. The Balaban J connectivity index is 2.58. The predicted molar refractivity (Wildman–Crippen MR) is 68.0 cm³/mol. The van der Waals surface area contributed by atoms with Crippen molar-refractivity contribution in [1.82, 2.24) is 10.2 Å². The van der Waals surface area contributed by atoms with Crippen LogP contribution in [0.5, 0.6) is 0 Å². The third-order valence-corrected chi connectivity index (χ3v) is 3.41. The number of hydrogen-bond acceptors (Lipinski definition) is 2. The van der Waals surface area contributed by atoms with Crippen LogP contribution in [0.4, 0.5) is 4.79 Å². The van der Waals surface area contributed by atoms with Gasteiger partial charge in [-0.05, 0) is 19.8 Å². The number of nitrogens with zero attached hydrogens (tertiary/aromatic N) is 1. The lowest BCUT2D eigenvalue weighted by atomic mass is 10.0. The summed E-state index contributed by atoms with van der Waals surface area (Å²) in [6.45, 7) is 4.22. The number of carbonyl (C=O) groups is 2. The molecule has 1 rings (SSSR count). The molecule has 18 heavy (non-hydrogen) atoms. The van der Waals surface area contributed by atoms with Crippen molar-refractivity contribution in [3.8, 4) is 12.3 Å². The summed E-state index contributed by atoms with van der Waals surface area (Å²) < 4.78 is 0. The quantitative estimate of drug-likeness (QED) is 0.741. The van der Waals surface area contributed by atoms with Gasteiger partial charge in [-0.3, -0.25) is 4.79 Å². The fourth-order valence-electron chi connectivity index (χ4n) is 2.27. The zero-order chi connectivity index (χ0) is 13.7. The number of rotatable bonds is 4. The number of likely N-dealkylation sites (tertiary alicyclic amines) is 1. The van der Waals surface area contributed by atoms with Crippen molar-refractivity contribution >= 4 is 12.0 Å². The van der Waals surface area contributed by atoms with Crippen LogP contribution >= 0.6 is 0 Å². The van der Waals surface area contributed by atoms with E-state index in [1.54, 1.807) is 11.8 Å². The highest BCUT2D eigenvalue weighted by Crippen LogP contribution is 2.24. The average molecular weight is 252 g/mol. The Hall–Kier alpha value is -1.70. The van der Waals surface area contributed by atoms with Gasteiger partial charge in [-0.25, -0.2) is 4.79 Å². The summed E-state index contributed by atoms with van der Waals surface area (Å²) in [5, 5.41) is 11.8. The standard InChI is InChI=1S/C13H20N2O3/c1-4-6-10(5-2)14-13(18)15-8-7-11(9(15)3)12(16)17/h2,9-11H,4,6-8H2,1,3H3,(H,14,18)(H,16,17). The van der Waals surface area contributed by atoms with Crippen molar-refractivity contribution in [3.63, 3.8) is 0 Å². The van der Waals surface area contributed by atoms with E-state index in [0.29, 0.717) is 13.0 Å². The highest BCUT2D eigenvalue weighted by molar-refractivity contribution is 5.78. The second-order valence-corrected chi connectivity index (χ2v) is 4.62. The van der Waals surface area contributed by atoms with Crippen LogP contribution in [-0.2, 0) is 4.79 Å². The molecular weight excluding hydrogens is 232 g/mol. The molecular formula is C13H20N2O3. The Morgan fingerprint density at radius 2 is 2.28 bits per heavy atom. The Bertz CT molecular complexity index is 362. The lowest BCUT2D eigenvalue weighted by molar-refractivity contribution is -0.142. The molecule has 0 radical (unpaired) electrons. The third-order valence-electron chi connectivity index (χ3n) is 3.41. The Morgan fingerprint density at radius 3 is 2.72 bits per heavy atom. The normalized spacial score (nSPS) is 24.4. The molecule has 0 aromatic carbocycles. The number of amides is 2. The zero-order valence-electron chi connectivity index (χ0n) is 10.8. The average Bonchev–Trinajstić information content (AvgIpc) is 2.70. The number of carboxylic acids is 1. The highest BCUT2D eigenvalue weighted by Gasteiger charge is 2.38. The molecule has 3 unspecified atom stereocenters. The summed E-state index contributed by atoms with van der Waals surface area (Å²) >= 11 is 0. The fraction of sp³-hybridized carbons (Fsp3) is 0.692. The van der Waals surface area contributed by atoms with Gasteiger partial charge < -0.3 is 15.3 Å². The lowest BCUT2D eigenvalue weighted by Crippen LogP contribution is -2.47. The molecule has 0 aromatic rings. The first-order chi connectivity index (χ1) is 8.51. The number of terminal acetylenes is 1. The van der Waals surface area contributed by atoms with Crippen molar-refractivity contribution in [3.05, 3.63) is 0 Å². The van der Waals surface area contributed by atoms with E-state index >= 15 is 0 Å². The van der Waals surface area contributed by atoms with E-state index in [-0.39, 0.29) is 18.1 Å². The second-order valence-electron chi connectivity index (χ2n) is 4.62. The molecule has 1 aliphatic heterocycles. The Morgan fingerprint density at radius 1 is 1.61 bits per heavy atom. The maximum atomic E-state index is 12.0. The minimum Gasteiger partial charge on any atom is -0.481 e. The van der Waals surface area contributed by atoms with Gasteiger partial charge in [0.05, 0.1) is 12.0 Å². The maximum absolute atomic E-state index is 12.0. The number of aliphatic carboxylic acids is 1. The van der Waals surface area contributed by atoms with E-state index in [1.807, 2.05) is 6.92 Å².